The van der Waals surface area contributed by atoms with Crippen molar-refractivity contribution >= 4 is 16.9 Å². The number of fused-ring (bicyclic) bond motifs is 1. The first-order chi connectivity index (χ1) is 11.9. The van der Waals surface area contributed by atoms with Crippen molar-refractivity contribution in [1.29, 1.82) is 0 Å². The van der Waals surface area contributed by atoms with Crippen LogP contribution in [0.3, 0.4) is 0 Å². The van der Waals surface area contributed by atoms with E-state index in [2.05, 4.69) is 5.32 Å². The van der Waals surface area contributed by atoms with Crippen LogP contribution in [0.2, 0.25) is 0 Å². The zero-order chi connectivity index (χ0) is 18.0. The molecule has 1 amide bonds. The van der Waals surface area contributed by atoms with E-state index in [1.54, 1.807) is 12.1 Å². The minimum Gasteiger partial charge on any atom is -0.459 e. The Kier molecular flexibility index (Phi) is 4.35. The third-order valence-electron chi connectivity index (χ3n) is 3.70. The predicted molar refractivity (Wildman–Crippen MR) is 84.3 cm³/mol. The fourth-order valence-corrected chi connectivity index (χ4v) is 2.48. The van der Waals surface area contributed by atoms with Crippen LogP contribution in [0.25, 0.3) is 11.0 Å². The number of amides is 1. The lowest BCUT2D eigenvalue weighted by atomic mass is 10.1. The molecule has 3 rings (SSSR count). The fourth-order valence-electron chi connectivity index (χ4n) is 2.48. The highest BCUT2D eigenvalue weighted by Gasteiger charge is 2.34. The first-order valence-corrected chi connectivity index (χ1v) is 7.39. The molecule has 1 aromatic carbocycles. The molecule has 0 saturated heterocycles. The topological polar surface area (TPSA) is 64.2 Å². The van der Waals surface area contributed by atoms with Crippen molar-refractivity contribution in [2.75, 3.05) is 6.54 Å². The molecular weight excluding hydrogens is 337 g/mol. The van der Waals surface area contributed by atoms with E-state index < -0.39 is 23.2 Å². The third kappa shape index (κ3) is 3.42. The zero-order valence-electron chi connectivity index (χ0n) is 12.8. The summed E-state index contributed by atoms with van der Waals surface area (Å²) in [6, 6.07) is 7.87. The van der Waals surface area contributed by atoms with E-state index in [0.717, 1.165) is 12.1 Å². The molecule has 3 aromatic rings. The number of halogens is 3. The van der Waals surface area contributed by atoms with Gasteiger partial charge < -0.3 is 14.3 Å². The first kappa shape index (κ1) is 16.8. The smallest absolute Gasteiger partial charge is 0.417 e. The molecule has 0 aliphatic carbocycles. The maximum absolute atomic E-state index is 12.9. The summed E-state index contributed by atoms with van der Waals surface area (Å²) >= 11 is 0. The van der Waals surface area contributed by atoms with Crippen molar-refractivity contribution in [3.8, 4) is 0 Å². The van der Waals surface area contributed by atoms with Gasteiger partial charge in [0.2, 0.25) is 0 Å². The maximum atomic E-state index is 12.9. The minimum atomic E-state index is -4.62. The number of hydrogen-bond donors (Lipinski definition) is 1. The van der Waals surface area contributed by atoms with Gasteiger partial charge in [0.15, 0.2) is 5.58 Å². The summed E-state index contributed by atoms with van der Waals surface area (Å²) in [5.74, 6) is -0.847. The fraction of sp³-hybridized carbons (Fsp3) is 0.176. The highest BCUT2D eigenvalue weighted by Crippen LogP contribution is 2.31. The van der Waals surface area contributed by atoms with E-state index in [1.165, 1.54) is 29.2 Å². The molecule has 0 radical (unpaired) electrons. The number of hydrogen-bond acceptors (Lipinski definition) is 3. The summed E-state index contributed by atoms with van der Waals surface area (Å²) < 4.78 is 45.2. The summed E-state index contributed by atoms with van der Waals surface area (Å²) in [5, 5.41) is 3.06. The molecule has 0 unspecified atom stereocenters. The number of benzene rings is 1. The van der Waals surface area contributed by atoms with Crippen molar-refractivity contribution < 1.29 is 22.4 Å². The molecule has 0 spiro atoms. The van der Waals surface area contributed by atoms with Crippen LogP contribution in [0.5, 0.6) is 0 Å². The second kappa shape index (κ2) is 6.46. The van der Waals surface area contributed by atoms with E-state index in [1.807, 2.05) is 0 Å². The highest BCUT2D eigenvalue weighted by molar-refractivity contribution is 5.95. The number of nitrogens with one attached hydrogen (secondary N) is 1. The van der Waals surface area contributed by atoms with Crippen LogP contribution >= 0.6 is 0 Å². The maximum Gasteiger partial charge on any atom is 0.417 e. The Balaban J connectivity index is 1.71. The number of carbonyl (C=O) groups excluding carboxylic acids is 1. The standard InChI is InChI=1S/C17H13F3N2O3/c18-17(19,20)13-4-2-1-3-12(13)15(23)21-7-9-22-8-5-11-6-10-25-14(11)16(22)24/h1-6,8,10H,7,9H2,(H,21,23). The summed E-state index contributed by atoms with van der Waals surface area (Å²) in [7, 11) is 0. The van der Waals surface area contributed by atoms with Gasteiger partial charge in [-0.25, -0.2) is 0 Å². The van der Waals surface area contributed by atoms with Gasteiger partial charge in [-0.2, -0.15) is 13.2 Å². The second-order valence-corrected chi connectivity index (χ2v) is 5.32. The van der Waals surface area contributed by atoms with Gasteiger partial charge in [0.25, 0.3) is 11.5 Å². The average Bonchev–Trinajstić information content (AvgIpc) is 3.05. The quantitative estimate of drug-likeness (QED) is 0.787. The lowest BCUT2D eigenvalue weighted by molar-refractivity contribution is -0.137. The molecule has 8 heteroatoms. The van der Waals surface area contributed by atoms with Crippen LogP contribution in [-0.4, -0.2) is 17.0 Å². The summed E-state index contributed by atoms with van der Waals surface area (Å²) in [5.41, 5.74) is -1.63. The molecule has 5 nitrogen and oxygen atoms in total. The van der Waals surface area contributed by atoms with Gasteiger partial charge in [-0.15, -0.1) is 0 Å². The van der Waals surface area contributed by atoms with E-state index in [0.29, 0.717) is 5.39 Å². The molecule has 1 N–H and O–H groups in total. The highest BCUT2D eigenvalue weighted by atomic mass is 19.4. The van der Waals surface area contributed by atoms with Crippen LogP contribution in [-0.2, 0) is 12.7 Å². The zero-order valence-corrected chi connectivity index (χ0v) is 12.8. The Labute approximate surface area is 139 Å². The predicted octanol–water partition coefficient (Wildman–Crippen LogP) is 3.04. The number of aromatic nitrogens is 1. The molecule has 130 valence electrons. The second-order valence-electron chi connectivity index (χ2n) is 5.32. The van der Waals surface area contributed by atoms with E-state index >= 15 is 0 Å². The molecule has 0 fully saturated rings. The molecular formula is C17H13F3N2O3. The van der Waals surface area contributed by atoms with Gasteiger partial charge in [0.05, 0.1) is 17.4 Å². The Morgan fingerprint density at radius 3 is 2.68 bits per heavy atom. The van der Waals surface area contributed by atoms with E-state index in [-0.39, 0.29) is 24.2 Å². The Morgan fingerprint density at radius 1 is 1.16 bits per heavy atom. The van der Waals surface area contributed by atoms with Crippen molar-refractivity contribution in [1.82, 2.24) is 9.88 Å². The van der Waals surface area contributed by atoms with E-state index in [9.17, 15) is 22.8 Å². The lowest BCUT2D eigenvalue weighted by Crippen LogP contribution is -2.31. The average molecular weight is 350 g/mol. The molecule has 0 atom stereocenters. The SMILES string of the molecule is O=C(NCCn1ccc2ccoc2c1=O)c1ccccc1C(F)(F)F. The number of alkyl halides is 3. The van der Waals surface area contributed by atoms with Gasteiger partial charge >= 0.3 is 6.18 Å². The van der Waals surface area contributed by atoms with Gasteiger partial charge in [-0.3, -0.25) is 9.59 Å². The third-order valence-corrected chi connectivity index (χ3v) is 3.70. The van der Waals surface area contributed by atoms with Gasteiger partial charge in [0, 0.05) is 24.7 Å². The Bertz CT molecular complexity index is 973. The van der Waals surface area contributed by atoms with Crippen LogP contribution in [0.4, 0.5) is 13.2 Å². The van der Waals surface area contributed by atoms with Crippen molar-refractivity contribution in [3.05, 3.63) is 70.3 Å². The number of carbonyl (C=O) groups is 1. The lowest BCUT2D eigenvalue weighted by Gasteiger charge is -2.13. The molecule has 2 aromatic heterocycles. The van der Waals surface area contributed by atoms with Crippen LogP contribution in [0, 0.1) is 0 Å². The molecule has 2 heterocycles. The normalized spacial score (nSPS) is 11.6. The molecule has 0 aliphatic rings. The monoisotopic (exact) mass is 350 g/mol. The summed E-state index contributed by atoms with van der Waals surface area (Å²) in [4.78, 5) is 24.2. The van der Waals surface area contributed by atoms with Crippen molar-refractivity contribution in [2.24, 2.45) is 0 Å². The minimum absolute atomic E-state index is 0.00283. The summed E-state index contributed by atoms with van der Waals surface area (Å²) in [6.45, 7) is 0.104. The number of pyridine rings is 1. The van der Waals surface area contributed by atoms with Gasteiger partial charge in [0.1, 0.15) is 0 Å². The number of nitrogens with zero attached hydrogens (tertiary/aromatic N) is 1. The van der Waals surface area contributed by atoms with Crippen LogP contribution < -0.4 is 10.9 Å². The Hall–Kier alpha value is -3.03. The van der Waals surface area contributed by atoms with Gasteiger partial charge in [-0.1, -0.05) is 12.1 Å². The van der Waals surface area contributed by atoms with E-state index in [4.69, 9.17) is 4.42 Å². The number of rotatable bonds is 4. The molecule has 0 bridgehead atoms. The molecule has 0 aliphatic heterocycles. The van der Waals surface area contributed by atoms with Crippen LogP contribution in [0.1, 0.15) is 15.9 Å². The number of furan rings is 1. The van der Waals surface area contributed by atoms with Gasteiger partial charge in [-0.05, 0) is 24.3 Å². The first-order valence-electron chi connectivity index (χ1n) is 7.39. The van der Waals surface area contributed by atoms with Crippen molar-refractivity contribution in [3.63, 3.8) is 0 Å². The van der Waals surface area contributed by atoms with Crippen molar-refractivity contribution in [2.45, 2.75) is 12.7 Å². The molecule has 0 saturated carbocycles. The molecule has 25 heavy (non-hydrogen) atoms. The largest absolute Gasteiger partial charge is 0.459 e. The summed E-state index contributed by atoms with van der Waals surface area (Å²) in [6.07, 6.45) is -1.68. The Morgan fingerprint density at radius 2 is 1.92 bits per heavy atom. The van der Waals surface area contributed by atoms with Crippen LogP contribution in [0.15, 0.2) is 58.1 Å².